The first kappa shape index (κ1) is 14.5. The maximum atomic E-state index is 11.2. The fourth-order valence-corrected chi connectivity index (χ4v) is 2.70. The van der Waals surface area contributed by atoms with Crippen LogP contribution >= 0.6 is 27.7 Å². The van der Waals surface area contributed by atoms with Gasteiger partial charge in [0, 0.05) is 9.37 Å². The van der Waals surface area contributed by atoms with Crippen molar-refractivity contribution in [2.75, 3.05) is 7.11 Å². The van der Waals surface area contributed by atoms with Gasteiger partial charge >= 0.3 is 5.97 Å². The molecule has 20 heavy (non-hydrogen) atoms. The predicted molar refractivity (Wildman–Crippen MR) is 72.8 cm³/mol. The molecule has 1 aromatic carbocycles. The first-order chi connectivity index (χ1) is 9.63. The largest absolute Gasteiger partial charge is 0.468 e. The van der Waals surface area contributed by atoms with Gasteiger partial charge in [0.2, 0.25) is 5.16 Å². The van der Waals surface area contributed by atoms with E-state index in [4.69, 9.17) is 5.26 Å². The monoisotopic (exact) mass is 353 g/mol. The van der Waals surface area contributed by atoms with E-state index >= 15 is 0 Å². The highest BCUT2D eigenvalue weighted by atomic mass is 79.9. The number of carbonyl (C=O) groups excluding carboxylic acids is 1. The molecule has 0 N–H and O–H groups in total. The lowest BCUT2D eigenvalue weighted by atomic mass is 10.2. The Balaban J connectivity index is 2.21. The van der Waals surface area contributed by atoms with Crippen molar-refractivity contribution >= 4 is 33.7 Å². The molecular formula is C11H8BrN5O2S. The van der Waals surface area contributed by atoms with Crippen molar-refractivity contribution in [2.24, 2.45) is 0 Å². The van der Waals surface area contributed by atoms with E-state index in [2.05, 4.69) is 42.3 Å². The number of hydrogen-bond donors (Lipinski definition) is 0. The molecule has 0 unspecified atom stereocenters. The fourth-order valence-electron chi connectivity index (χ4n) is 1.31. The average Bonchev–Trinajstić information content (AvgIpc) is 2.88. The quantitative estimate of drug-likeness (QED) is 0.771. The summed E-state index contributed by atoms with van der Waals surface area (Å²) < 4.78 is 6.68. The fraction of sp³-hybridized carbons (Fsp3) is 0.182. The minimum Gasteiger partial charge on any atom is -0.468 e. The molecule has 0 aliphatic carbocycles. The van der Waals surface area contributed by atoms with Crippen LogP contribution in [0.4, 0.5) is 0 Å². The highest BCUT2D eigenvalue weighted by molar-refractivity contribution is 9.10. The van der Waals surface area contributed by atoms with E-state index in [1.54, 1.807) is 18.2 Å². The van der Waals surface area contributed by atoms with Crippen LogP contribution in [-0.4, -0.2) is 33.3 Å². The molecule has 0 spiro atoms. The first-order valence-electron chi connectivity index (χ1n) is 5.34. The molecule has 0 aliphatic rings. The van der Waals surface area contributed by atoms with Crippen molar-refractivity contribution in [1.29, 1.82) is 5.26 Å². The molecule has 7 nitrogen and oxygen atoms in total. The normalized spacial score (nSPS) is 10.1. The number of halogens is 1. The van der Waals surface area contributed by atoms with Gasteiger partial charge in [-0.1, -0.05) is 0 Å². The lowest BCUT2D eigenvalue weighted by molar-refractivity contribution is -0.141. The number of aromatic nitrogens is 4. The number of rotatable bonds is 4. The van der Waals surface area contributed by atoms with Crippen molar-refractivity contribution < 1.29 is 9.53 Å². The second kappa shape index (κ2) is 6.49. The van der Waals surface area contributed by atoms with E-state index in [-0.39, 0.29) is 6.54 Å². The summed E-state index contributed by atoms with van der Waals surface area (Å²) in [7, 11) is 1.30. The van der Waals surface area contributed by atoms with Crippen LogP contribution in [0.2, 0.25) is 0 Å². The molecule has 0 fully saturated rings. The van der Waals surface area contributed by atoms with Gasteiger partial charge in [-0.2, -0.15) is 5.26 Å². The SMILES string of the molecule is COC(=O)Cn1nnnc1Sc1ccc(C#N)cc1Br. The summed E-state index contributed by atoms with van der Waals surface area (Å²) >= 11 is 4.66. The van der Waals surface area contributed by atoms with Crippen LogP contribution in [0.15, 0.2) is 32.7 Å². The van der Waals surface area contributed by atoms with E-state index < -0.39 is 5.97 Å². The highest BCUT2D eigenvalue weighted by Crippen LogP contribution is 2.32. The molecule has 2 rings (SSSR count). The second-order valence-corrected chi connectivity index (χ2v) is 5.42. The Kier molecular flexibility index (Phi) is 4.70. The summed E-state index contributed by atoms with van der Waals surface area (Å²) in [6, 6.07) is 7.24. The number of nitriles is 1. The van der Waals surface area contributed by atoms with Gasteiger partial charge in [0.1, 0.15) is 6.54 Å². The molecule has 2 aromatic rings. The molecule has 1 heterocycles. The molecule has 1 aromatic heterocycles. The summed E-state index contributed by atoms with van der Waals surface area (Å²) in [5.74, 6) is -0.432. The third-order valence-electron chi connectivity index (χ3n) is 2.27. The second-order valence-electron chi connectivity index (χ2n) is 3.55. The van der Waals surface area contributed by atoms with E-state index in [0.29, 0.717) is 10.7 Å². The Morgan fingerprint density at radius 1 is 1.60 bits per heavy atom. The Morgan fingerprint density at radius 2 is 2.40 bits per heavy atom. The third kappa shape index (κ3) is 3.34. The van der Waals surface area contributed by atoms with Crippen LogP contribution < -0.4 is 0 Å². The predicted octanol–water partition coefficient (Wildman–Crippen LogP) is 1.63. The Bertz CT molecular complexity index is 682. The number of benzene rings is 1. The smallest absolute Gasteiger partial charge is 0.327 e. The topological polar surface area (TPSA) is 93.7 Å². The molecule has 0 saturated heterocycles. The number of tetrazole rings is 1. The Morgan fingerprint density at radius 3 is 3.05 bits per heavy atom. The maximum absolute atomic E-state index is 11.2. The molecule has 0 aliphatic heterocycles. The van der Waals surface area contributed by atoms with Gasteiger partial charge in [-0.05, 0) is 56.3 Å². The van der Waals surface area contributed by atoms with Gasteiger partial charge in [-0.15, -0.1) is 5.10 Å². The van der Waals surface area contributed by atoms with Crippen LogP contribution in [-0.2, 0) is 16.1 Å². The number of methoxy groups -OCH3 is 1. The minimum atomic E-state index is -0.432. The van der Waals surface area contributed by atoms with Crippen molar-refractivity contribution in [1.82, 2.24) is 20.2 Å². The molecule has 0 saturated carbocycles. The average molecular weight is 354 g/mol. The van der Waals surface area contributed by atoms with Crippen molar-refractivity contribution in [2.45, 2.75) is 16.6 Å². The molecule has 0 amide bonds. The highest BCUT2D eigenvalue weighted by Gasteiger charge is 2.13. The number of carbonyl (C=O) groups is 1. The zero-order chi connectivity index (χ0) is 14.5. The summed E-state index contributed by atoms with van der Waals surface area (Å²) in [6.07, 6.45) is 0. The lowest BCUT2D eigenvalue weighted by Crippen LogP contribution is -2.13. The number of esters is 1. The molecular weight excluding hydrogens is 346 g/mol. The molecule has 0 bridgehead atoms. The first-order valence-corrected chi connectivity index (χ1v) is 6.95. The maximum Gasteiger partial charge on any atom is 0.327 e. The van der Waals surface area contributed by atoms with Crippen LogP contribution in [0.25, 0.3) is 0 Å². The van der Waals surface area contributed by atoms with E-state index in [1.807, 2.05) is 0 Å². The summed E-state index contributed by atoms with van der Waals surface area (Å²) in [5.41, 5.74) is 0.551. The van der Waals surface area contributed by atoms with Crippen LogP contribution in [0.3, 0.4) is 0 Å². The summed E-state index contributed by atoms with van der Waals surface area (Å²) in [4.78, 5) is 12.1. The summed E-state index contributed by atoms with van der Waals surface area (Å²) in [5, 5.41) is 20.4. The van der Waals surface area contributed by atoms with Crippen LogP contribution in [0, 0.1) is 11.3 Å². The van der Waals surface area contributed by atoms with Crippen LogP contribution in [0.5, 0.6) is 0 Å². The zero-order valence-electron chi connectivity index (χ0n) is 10.3. The molecule has 0 radical (unpaired) electrons. The van der Waals surface area contributed by atoms with Gasteiger partial charge in [0.05, 0.1) is 18.7 Å². The lowest BCUT2D eigenvalue weighted by Gasteiger charge is -2.05. The van der Waals surface area contributed by atoms with E-state index in [9.17, 15) is 4.79 Å². The van der Waals surface area contributed by atoms with E-state index in [0.717, 1.165) is 9.37 Å². The van der Waals surface area contributed by atoms with Gasteiger partial charge in [-0.25, -0.2) is 4.68 Å². The molecule has 102 valence electrons. The zero-order valence-corrected chi connectivity index (χ0v) is 12.7. The Hall–Kier alpha value is -1.92. The van der Waals surface area contributed by atoms with Crippen LogP contribution in [0.1, 0.15) is 5.56 Å². The molecule has 0 atom stereocenters. The third-order valence-corrected chi connectivity index (χ3v) is 4.24. The van der Waals surface area contributed by atoms with Gasteiger partial charge in [0.15, 0.2) is 0 Å². The number of nitrogens with zero attached hydrogens (tertiary/aromatic N) is 5. The Labute approximate surface area is 127 Å². The van der Waals surface area contributed by atoms with Gasteiger partial charge in [-0.3, -0.25) is 4.79 Å². The number of hydrogen-bond acceptors (Lipinski definition) is 7. The van der Waals surface area contributed by atoms with Gasteiger partial charge in [0.25, 0.3) is 0 Å². The van der Waals surface area contributed by atoms with Crippen molar-refractivity contribution in [3.63, 3.8) is 0 Å². The van der Waals surface area contributed by atoms with Crippen molar-refractivity contribution in [3.05, 3.63) is 28.2 Å². The summed E-state index contributed by atoms with van der Waals surface area (Å²) in [6.45, 7) is -0.0558. The van der Waals surface area contributed by atoms with E-state index in [1.165, 1.54) is 23.6 Å². The van der Waals surface area contributed by atoms with Gasteiger partial charge < -0.3 is 4.74 Å². The standard InChI is InChI=1S/C11H8BrN5O2S/c1-19-10(18)6-17-11(14-15-16-17)20-9-3-2-7(5-13)4-8(9)12/h2-4H,6H2,1H3. The molecule has 9 heteroatoms. The number of ether oxygens (including phenoxy) is 1. The van der Waals surface area contributed by atoms with Crippen molar-refractivity contribution in [3.8, 4) is 6.07 Å². The minimum absolute atomic E-state index is 0.0558.